The van der Waals surface area contributed by atoms with Crippen LogP contribution in [-0.2, 0) is 14.1 Å². The summed E-state index contributed by atoms with van der Waals surface area (Å²) in [4.78, 5) is 9.81. The van der Waals surface area contributed by atoms with E-state index in [1.165, 1.54) is 0 Å². The largest absolute Gasteiger partial charge is 0.494 e. The van der Waals surface area contributed by atoms with Crippen LogP contribution in [0.3, 0.4) is 0 Å². The first-order valence-electron chi connectivity index (χ1n) is 7.09. The molecule has 1 fully saturated rings. The van der Waals surface area contributed by atoms with Gasteiger partial charge in [-0.1, -0.05) is 37.3 Å². The Morgan fingerprint density at radius 1 is 1.05 bits per heavy atom. The third-order valence-corrected chi connectivity index (χ3v) is 3.82. The molecule has 0 saturated carbocycles. The summed E-state index contributed by atoms with van der Waals surface area (Å²) in [5, 5.41) is 0. The fourth-order valence-electron chi connectivity index (χ4n) is 1.59. The van der Waals surface area contributed by atoms with Crippen molar-refractivity contribution < 1.29 is 14.1 Å². The minimum atomic E-state index is -0.256. The van der Waals surface area contributed by atoms with Gasteiger partial charge in [-0.05, 0) is 40.1 Å². The average Bonchev–Trinajstić information content (AvgIpc) is 2.60. The van der Waals surface area contributed by atoms with Crippen molar-refractivity contribution in [1.82, 2.24) is 0 Å². The van der Waals surface area contributed by atoms with Crippen molar-refractivity contribution in [3.05, 3.63) is 30.3 Å². The van der Waals surface area contributed by atoms with Crippen molar-refractivity contribution in [2.75, 3.05) is 0 Å². The van der Waals surface area contributed by atoms with Crippen LogP contribution in [0.4, 0.5) is 0 Å². The van der Waals surface area contributed by atoms with Crippen LogP contribution in [0.5, 0.6) is 0 Å². The monoisotopic (exact) mass is 276 g/mol. The van der Waals surface area contributed by atoms with Gasteiger partial charge in [0.1, 0.15) is 5.78 Å². The molecule has 4 heteroatoms. The standard InChI is InChI=1S/C12H17BO2.C4H8O/c1-11(2)12(3,4)15-13(14-11)10-8-6-5-7-9-10;1-3-4(2)5/h5-9H,1-4H3;3H2,1-2H3. The lowest BCUT2D eigenvalue weighted by atomic mass is 9.79. The molecule has 2 rings (SSSR count). The van der Waals surface area contributed by atoms with Crippen molar-refractivity contribution in [1.29, 1.82) is 0 Å². The van der Waals surface area contributed by atoms with Crippen molar-refractivity contribution in [3.8, 4) is 0 Å². The molecule has 110 valence electrons. The summed E-state index contributed by atoms with van der Waals surface area (Å²) in [5.74, 6) is 0.255. The lowest BCUT2D eigenvalue weighted by molar-refractivity contribution is -0.116. The van der Waals surface area contributed by atoms with E-state index >= 15 is 0 Å². The third kappa shape index (κ3) is 4.19. The van der Waals surface area contributed by atoms with Crippen LogP contribution < -0.4 is 5.46 Å². The molecule has 0 radical (unpaired) electrons. The van der Waals surface area contributed by atoms with Crippen LogP contribution >= 0.6 is 0 Å². The predicted molar refractivity (Wildman–Crippen MR) is 83.1 cm³/mol. The molecule has 0 N–H and O–H groups in total. The first-order chi connectivity index (χ1) is 9.19. The molecule has 1 aromatic carbocycles. The van der Waals surface area contributed by atoms with E-state index in [-0.39, 0.29) is 24.1 Å². The van der Waals surface area contributed by atoms with Gasteiger partial charge in [0, 0.05) is 6.42 Å². The number of ketones is 1. The molecule has 20 heavy (non-hydrogen) atoms. The highest BCUT2D eigenvalue weighted by atomic mass is 16.7. The Kier molecular flexibility index (Phi) is 5.54. The van der Waals surface area contributed by atoms with E-state index < -0.39 is 0 Å². The van der Waals surface area contributed by atoms with Gasteiger partial charge < -0.3 is 14.1 Å². The lowest BCUT2D eigenvalue weighted by Crippen LogP contribution is -2.41. The number of carbonyl (C=O) groups excluding carboxylic acids is 1. The fraction of sp³-hybridized carbons (Fsp3) is 0.562. The molecule has 0 spiro atoms. The minimum Gasteiger partial charge on any atom is -0.399 e. The smallest absolute Gasteiger partial charge is 0.399 e. The number of carbonyl (C=O) groups is 1. The molecular formula is C16H25BO3. The Hall–Kier alpha value is -1.13. The van der Waals surface area contributed by atoms with Gasteiger partial charge >= 0.3 is 7.12 Å². The summed E-state index contributed by atoms with van der Waals surface area (Å²) in [6.07, 6.45) is 0.667. The highest BCUT2D eigenvalue weighted by Gasteiger charge is 2.51. The van der Waals surface area contributed by atoms with E-state index in [0.29, 0.717) is 6.42 Å². The second-order valence-corrected chi connectivity index (χ2v) is 6.05. The average molecular weight is 276 g/mol. The zero-order valence-corrected chi connectivity index (χ0v) is 13.4. The molecule has 0 bridgehead atoms. The van der Waals surface area contributed by atoms with E-state index in [0.717, 1.165) is 5.46 Å². The Morgan fingerprint density at radius 3 is 1.80 bits per heavy atom. The summed E-state index contributed by atoms with van der Waals surface area (Å²) in [7, 11) is -0.240. The summed E-state index contributed by atoms with van der Waals surface area (Å²) < 4.78 is 11.9. The summed E-state index contributed by atoms with van der Waals surface area (Å²) in [5.41, 5.74) is 0.567. The SMILES string of the molecule is CC1(C)OB(c2ccccc2)OC1(C)C.CCC(C)=O. The number of hydrogen-bond donors (Lipinski definition) is 0. The number of Topliss-reactive ketones (excluding diaryl/α,β-unsaturated/α-hetero) is 1. The molecule has 1 heterocycles. The highest BCUT2D eigenvalue weighted by molar-refractivity contribution is 6.62. The molecule has 0 aromatic heterocycles. The van der Waals surface area contributed by atoms with Gasteiger partial charge in [0.15, 0.2) is 0 Å². The normalized spacial score (nSPS) is 19.2. The van der Waals surface area contributed by atoms with E-state index in [2.05, 4.69) is 27.7 Å². The van der Waals surface area contributed by atoms with Gasteiger partial charge in [-0.15, -0.1) is 0 Å². The quantitative estimate of drug-likeness (QED) is 0.779. The van der Waals surface area contributed by atoms with Crippen LogP contribution in [0.25, 0.3) is 0 Å². The lowest BCUT2D eigenvalue weighted by Gasteiger charge is -2.32. The summed E-state index contributed by atoms with van der Waals surface area (Å²) in [6.45, 7) is 11.7. The first-order valence-corrected chi connectivity index (χ1v) is 7.09. The zero-order chi connectivity index (χ0) is 15.4. The van der Waals surface area contributed by atoms with Crippen molar-refractivity contribution in [2.24, 2.45) is 0 Å². The van der Waals surface area contributed by atoms with Gasteiger partial charge in [-0.3, -0.25) is 0 Å². The molecule has 1 aliphatic heterocycles. The second-order valence-electron chi connectivity index (χ2n) is 6.05. The van der Waals surface area contributed by atoms with Crippen molar-refractivity contribution in [3.63, 3.8) is 0 Å². The predicted octanol–water partition coefficient (Wildman–Crippen LogP) is 2.97. The zero-order valence-electron chi connectivity index (χ0n) is 13.4. The van der Waals surface area contributed by atoms with E-state index in [1.807, 2.05) is 37.3 Å². The van der Waals surface area contributed by atoms with Crippen LogP contribution in [-0.4, -0.2) is 24.1 Å². The van der Waals surface area contributed by atoms with Gasteiger partial charge in [0.2, 0.25) is 0 Å². The third-order valence-electron chi connectivity index (χ3n) is 3.82. The maximum absolute atomic E-state index is 9.81. The number of benzene rings is 1. The maximum atomic E-state index is 9.81. The van der Waals surface area contributed by atoms with Crippen LogP contribution in [0, 0.1) is 0 Å². The Balaban J connectivity index is 0.000000347. The summed E-state index contributed by atoms with van der Waals surface area (Å²) >= 11 is 0. The van der Waals surface area contributed by atoms with E-state index in [1.54, 1.807) is 6.92 Å². The van der Waals surface area contributed by atoms with Crippen molar-refractivity contribution >= 4 is 18.4 Å². The Labute approximate surface area is 122 Å². The topological polar surface area (TPSA) is 35.5 Å². The van der Waals surface area contributed by atoms with Crippen LogP contribution in [0.15, 0.2) is 30.3 Å². The molecule has 0 atom stereocenters. The molecule has 1 saturated heterocycles. The van der Waals surface area contributed by atoms with Gasteiger partial charge in [-0.25, -0.2) is 0 Å². The van der Waals surface area contributed by atoms with Gasteiger partial charge in [0.05, 0.1) is 11.2 Å². The van der Waals surface area contributed by atoms with Gasteiger partial charge in [-0.2, -0.15) is 0 Å². The first kappa shape index (κ1) is 16.9. The minimum absolute atomic E-state index is 0.240. The fourth-order valence-corrected chi connectivity index (χ4v) is 1.59. The van der Waals surface area contributed by atoms with Crippen LogP contribution in [0.2, 0.25) is 0 Å². The molecule has 0 amide bonds. The van der Waals surface area contributed by atoms with E-state index in [4.69, 9.17) is 9.31 Å². The molecule has 3 nitrogen and oxygen atoms in total. The number of rotatable bonds is 2. The van der Waals surface area contributed by atoms with Gasteiger partial charge in [0.25, 0.3) is 0 Å². The maximum Gasteiger partial charge on any atom is 0.494 e. The Bertz CT molecular complexity index is 424. The van der Waals surface area contributed by atoms with Crippen LogP contribution in [0.1, 0.15) is 48.0 Å². The Morgan fingerprint density at radius 2 is 1.45 bits per heavy atom. The highest BCUT2D eigenvalue weighted by Crippen LogP contribution is 2.36. The summed E-state index contributed by atoms with van der Waals surface area (Å²) in [6, 6.07) is 10.1. The molecule has 0 unspecified atom stereocenters. The molecule has 0 aliphatic carbocycles. The second kappa shape index (κ2) is 6.55. The molecule has 1 aromatic rings. The number of hydrogen-bond acceptors (Lipinski definition) is 3. The van der Waals surface area contributed by atoms with Crippen molar-refractivity contribution in [2.45, 2.75) is 59.2 Å². The molecule has 1 aliphatic rings. The molecular weight excluding hydrogens is 251 g/mol. The van der Waals surface area contributed by atoms with E-state index in [9.17, 15) is 4.79 Å².